The molecule has 0 amide bonds. The number of hydrogen-bond donors (Lipinski definition) is 0. The molecule has 0 aliphatic rings. The number of rotatable bonds is 9. The standard InChI is InChI=1S/C33H38OSSi/c1-6-35-32(28-24-22-26(2)23-25-28)31(27-16-10-7-11-17-27)34-36(33(3,4)5,29-18-12-8-13-19-29)30-20-14-9-15-21-30/h7-25,31-32H,6H2,1-5H3/t31-,32+/m1/s1. The second kappa shape index (κ2) is 11.6. The first-order valence-corrected chi connectivity index (χ1v) is 15.8. The van der Waals surface area contributed by atoms with E-state index in [-0.39, 0.29) is 16.4 Å². The van der Waals surface area contributed by atoms with Gasteiger partial charge in [0, 0.05) is 0 Å². The zero-order valence-corrected chi connectivity index (χ0v) is 24.0. The Morgan fingerprint density at radius 1 is 0.667 bits per heavy atom. The van der Waals surface area contributed by atoms with Crippen LogP contribution in [-0.2, 0) is 4.43 Å². The molecule has 0 aromatic heterocycles. The number of hydrogen-bond acceptors (Lipinski definition) is 2. The summed E-state index contributed by atoms with van der Waals surface area (Å²) in [7, 11) is -2.74. The van der Waals surface area contributed by atoms with E-state index in [0.717, 1.165) is 5.75 Å². The van der Waals surface area contributed by atoms with Crippen molar-refractivity contribution in [1.29, 1.82) is 0 Å². The molecule has 4 rings (SSSR count). The second-order valence-electron chi connectivity index (χ2n) is 10.4. The Hall–Kier alpha value is -2.59. The minimum Gasteiger partial charge on any atom is -0.399 e. The Morgan fingerprint density at radius 3 is 1.58 bits per heavy atom. The van der Waals surface area contributed by atoms with Crippen LogP contribution >= 0.6 is 11.8 Å². The van der Waals surface area contributed by atoms with Crippen LogP contribution in [0.15, 0.2) is 115 Å². The molecule has 0 N–H and O–H groups in total. The number of benzene rings is 4. The highest BCUT2D eigenvalue weighted by Gasteiger charge is 2.52. The van der Waals surface area contributed by atoms with Crippen LogP contribution in [-0.4, -0.2) is 14.1 Å². The Morgan fingerprint density at radius 2 is 1.14 bits per heavy atom. The molecule has 0 radical (unpaired) electrons. The van der Waals surface area contributed by atoms with Gasteiger partial charge in [-0.05, 0) is 39.2 Å². The van der Waals surface area contributed by atoms with Gasteiger partial charge in [-0.1, -0.05) is 149 Å². The third-order valence-corrected chi connectivity index (χ3v) is 13.1. The van der Waals surface area contributed by atoms with Gasteiger partial charge in [0.2, 0.25) is 0 Å². The lowest BCUT2D eigenvalue weighted by Gasteiger charge is -2.46. The Balaban J connectivity index is 1.96. The summed E-state index contributed by atoms with van der Waals surface area (Å²) in [6, 6.07) is 41.8. The van der Waals surface area contributed by atoms with Crippen LogP contribution in [0.5, 0.6) is 0 Å². The third-order valence-electron chi connectivity index (χ3n) is 6.88. The Labute approximate surface area is 223 Å². The lowest BCUT2D eigenvalue weighted by molar-refractivity contribution is 0.187. The maximum absolute atomic E-state index is 7.78. The highest BCUT2D eigenvalue weighted by molar-refractivity contribution is 7.99. The molecule has 36 heavy (non-hydrogen) atoms. The number of aryl methyl sites for hydroxylation is 1. The van der Waals surface area contributed by atoms with Crippen LogP contribution in [0.3, 0.4) is 0 Å². The SMILES string of the molecule is CCS[C@@H](c1ccc(C)cc1)[C@H](O[Si](c1ccccc1)(c1ccccc1)C(C)(C)C)c1ccccc1. The van der Waals surface area contributed by atoms with Gasteiger partial charge in [-0.15, -0.1) is 0 Å². The molecule has 2 atom stereocenters. The smallest absolute Gasteiger partial charge is 0.261 e. The van der Waals surface area contributed by atoms with Crippen molar-refractivity contribution in [3.8, 4) is 0 Å². The van der Waals surface area contributed by atoms with Gasteiger partial charge in [-0.25, -0.2) is 0 Å². The fraction of sp³-hybridized carbons (Fsp3) is 0.273. The van der Waals surface area contributed by atoms with Gasteiger partial charge < -0.3 is 4.43 Å². The molecule has 0 heterocycles. The van der Waals surface area contributed by atoms with Gasteiger partial charge in [0.15, 0.2) is 0 Å². The normalized spacial score (nSPS) is 13.8. The Kier molecular flexibility index (Phi) is 8.56. The second-order valence-corrected chi connectivity index (χ2v) is 16.1. The van der Waals surface area contributed by atoms with E-state index in [1.54, 1.807) is 0 Å². The molecule has 0 bridgehead atoms. The summed E-state index contributed by atoms with van der Waals surface area (Å²) >= 11 is 1.98. The van der Waals surface area contributed by atoms with Gasteiger partial charge in [0.05, 0.1) is 11.4 Å². The van der Waals surface area contributed by atoms with Crippen molar-refractivity contribution < 1.29 is 4.43 Å². The first-order chi connectivity index (χ1) is 17.4. The first-order valence-electron chi connectivity index (χ1n) is 12.9. The molecular formula is C33H38OSSi. The summed E-state index contributed by atoms with van der Waals surface area (Å²) in [5.74, 6) is 1.02. The van der Waals surface area contributed by atoms with Crippen LogP contribution < -0.4 is 10.4 Å². The van der Waals surface area contributed by atoms with E-state index in [1.165, 1.54) is 27.1 Å². The van der Waals surface area contributed by atoms with E-state index >= 15 is 0 Å². The molecule has 4 aromatic rings. The summed E-state index contributed by atoms with van der Waals surface area (Å²) in [6.07, 6.45) is -0.0924. The van der Waals surface area contributed by atoms with Gasteiger partial charge in [0.25, 0.3) is 8.32 Å². The molecule has 0 spiro atoms. The average Bonchev–Trinajstić information content (AvgIpc) is 2.90. The number of thioether (sulfide) groups is 1. The summed E-state index contributed by atoms with van der Waals surface area (Å²) in [5.41, 5.74) is 3.83. The molecule has 186 valence electrons. The lowest BCUT2D eigenvalue weighted by Crippen LogP contribution is -2.67. The van der Waals surface area contributed by atoms with E-state index in [2.05, 4.69) is 150 Å². The van der Waals surface area contributed by atoms with Crippen LogP contribution in [0.4, 0.5) is 0 Å². The van der Waals surface area contributed by atoms with Gasteiger partial charge in [-0.2, -0.15) is 11.8 Å². The zero-order chi connectivity index (χ0) is 25.6. The van der Waals surface area contributed by atoms with Crippen molar-refractivity contribution in [1.82, 2.24) is 0 Å². The zero-order valence-electron chi connectivity index (χ0n) is 22.1. The van der Waals surface area contributed by atoms with E-state index < -0.39 is 8.32 Å². The third kappa shape index (κ3) is 5.54. The van der Waals surface area contributed by atoms with Crippen molar-refractivity contribution in [3.05, 3.63) is 132 Å². The maximum atomic E-state index is 7.78. The molecule has 0 aliphatic heterocycles. The summed E-state index contributed by atoms with van der Waals surface area (Å²) < 4.78 is 7.78. The molecule has 4 aromatic carbocycles. The minimum absolute atomic E-state index is 0.0859. The highest BCUT2D eigenvalue weighted by Crippen LogP contribution is 2.47. The monoisotopic (exact) mass is 510 g/mol. The maximum Gasteiger partial charge on any atom is 0.261 e. The van der Waals surface area contributed by atoms with Crippen LogP contribution in [0.1, 0.15) is 55.7 Å². The molecule has 0 saturated heterocycles. The Bertz CT molecular complexity index is 1160. The quantitative estimate of drug-likeness (QED) is 0.210. The van der Waals surface area contributed by atoms with Crippen molar-refractivity contribution in [2.45, 2.75) is 51.0 Å². The fourth-order valence-corrected chi connectivity index (χ4v) is 11.0. The van der Waals surface area contributed by atoms with Crippen molar-refractivity contribution in [2.24, 2.45) is 0 Å². The van der Waals surface area contributed by atoms with Gasteiger partial charge >= 0.3 is 0 Å². The molecule has 0 unspecified atom stereocenters. The summed E-state index contributed by atoms with van der Waals surface area (Å²) in [6.45, 7) is 11.5. The molecular weight excluding hydrogens is 473 g/mol. The molecule has 0 fully saturated rings. The van der Waals surface area contributed by atoms with Crippen molar-refractivity contribution in [3.63, 3.8) is 0 Å². The lowest BCUT2D eigenvalue weighted by atomic mass is 10.00. The first kappa shape index (κ1) is 26.5. The molecule has 3 heteroatoms. The molecule has 1 nitrogen and oxygen atoms in total. The average molecular weight is 511 g/mol. The van der Waals surface area contributed by atoms with E-state index in [1.807, 2.05) is 11.8 Å². The van der Waals surface area contributed by atoms with E-state index in [4.69, 9.17) is 4.43 Å². The molecule has 0 aliphatic carbocycles. The minimum atomic E-state index is -2.74. The van der Waals surface area contributed by atoms with Crippen molar-refractivity contribution in [2.75, 3.05) is 5.75 Å². The predicted molar refractivity (Wildman–Crippen MR) is 160 cm³/mol. The predicted octanol–water partition coefficient (Wildman–Crippen LogP) is 8.11. The van der Waals surface area contributed by atoms with E-state index in [9.17, 15) is 0 Å². The molecule has 0 saturated carbocycles. The van der Waals surface area contributed by atoms with Gasteiger partial charge in [0.1, 0.15) is 0 Å². The van der Waals surface area contributed by atoms with Crippen LogP contribution in [0, 0.1) is 6.92 Å². The summed E-state index contributed by atoms with van der Waals surface area (Å²) in [4.78, 5) is 0. The topological polar surface area (TPSA) is 9.23 Å². The highest BCUT2D eigenvalue weighted by atomic mass is 32.2. The van der Waals surface area contributed by atoms with Crippen LogP contribution in [0.2, 0.25) is 5.04 Å². The largest absolute Gasteiger partial charge is 0.399 e. The van der Waals surface area contributed by atoms with Crippen molar-refractivity contribution >= 4 is 30.5 Å². The van der Waals surface area contributed by atoms with Crippen LogP contribution in [0.25, 0.3) is 0 Å². The van der Waals surface area contributed by atoms with E-state index in [0.29, 0.717) is 0 Å². The fourth-order valence-electron chi connectivity index (χ4n) is 5.12. The van der Waals surface area contributed by atoms with Gasteiger partial charge in [-0.3, -0.25) is 0 Å². The summed E-state index contributed by atoms with van der Waals surface area (Å²) in [5, 5.41) is 2.72.